The fourth-order valence-corrected chi connectivity index (χ4v) is 5.10. The SMILES string of the molecule is O=C(N[C@@H]1CCCc2c1[nH]c1ccc(Cl)cc21)C1(n2cnnn2)CCCCC1. The minimum atomic E-state index is -0.686. The number of nitrogens with one attached hydrogen (secondary N) is 2. The minimum absolute atomic E-state index is 0.0223. The van der Waals surface area contributed by atoms with Gasteiger partial charge < -0.3 is 10.3 Å². The van der Waals surface area contributed by atoms with Crippen molar-refractivity contribution >= 4 is 28.4 Å². The quantitative estimate of drug-likeness (QED) is 0.704. The number of H-pyrrole nitrogens is 1. The van der Waals surface area contributed by atoms with Crippen LogP contribution in [0.2, 0.25) is 5.02 Å². The maximum Gasteiger partial charge on any atom is 0.248 e. The van der Waals surface area contributed by atoms with Crippen LogP contribution >= 0.6 is 11.6 Å². The van der Waals surface area contributed by atoms with Gasteiger partial charge in [-0.05, 0) is 66.3 Å². The smallest absolute Gasteiger partial charge is 0.248 e. The number of carbonyl (C=O) groups is 1. The molecule has 0 aliphatic heterocycles. The highest BCUT2D eigenvalue weighted by Gasteiger charge is 2.43. The molecule has 2 aliphatic rings. The molecule has 1 atom stereocenters. The van der Waals surface area contributed by atoms with Crippen LogP contribution in [-0.2, 0) is 16.8 Å². The van der Waals surface area contributed by atoms with E-state index in [1.165, 1.54) is 5.56 Å². The second-order valence-electron chi connectivity index (χ2n) is 7.97. The van der Waals surface area contributed by atoms with Gasteiger partial charge in [-0.3, -0.25) is 4.79 Å². The Morgan fingerprint density at radius 3 is 2.89 bits per heavy atom. The average Bonchev–Trinajstić information content (AvgIpc) is 3.37. The lowest BCUT2D eigenvalue weighted by Crippen LogP contribution is -2.51. The first kappa shape index (κ1) is 17.7. The van der Waals surface area contributed by atoms with Gasteiger partial charge in [-0.2, -0.15) is 0 Å². The molecule has 2 aromatic heterocycles. The summed E-state index contributed by atoms with van der Waals surface area (Å²) in [6.07, 6.45) is 9.23. The molecule has 1 amide bonds. The highest BCUT2D eigenvalue weighted by molar-refractivity contribution is 6.31. The standard InChI is InChI=1S/C20H23ClN6O/c21-13-7-8-16-15(11-13)14-5-4-6-17(18(14)23-16)24-19(28)20(9-2-1-3-10-20)27-12-22-25-26-27/h7-8,11-12,17,23H,1-6,9-10H2,(H,24,28)/t17-/m1/s1. The zero-order valence-corrected chi connectivity index (χ0v) is 16.4. The van der Waals surface area contributed by atoms with E-state index in [1.54, 1.807) is 11.0 Å². The first-order valence-electron chi connectivity index (χ1n) is 10.0. The third-order valence-corrected chi connectivity index (χ3v) is 6.60. The summed E-state index contributed by atoms with van der Waals surface area (Å²) in [5, 5.41) is 16.9. The van der Waals surface area contributed by atoms with Crippen molar-refractivity contribution in [3.63, 3.8) is 0 Å². The van der Waals surface area contributed by atoms with Crippen molar-refractivity contribution in [3.8, 4) is 0 Å². The Hall–Kier alpha value is -2.41. The van der Waals surface area contributed by atoms with Crippen molar-refractivity contribution in [3.05, 3.63) is 40.8 Å². The molecule has 8 heteroatoms. The predicted molar refractivity (Wildman–Crippen MR) is 106 cm³/mol. The Kier molecular flexibility index (Phi) is 4.34. The molecule has 28 heavy (non-hydrogen) atoms. The van der Waals surface area contributed by atoms with Crippen LogP contribution in [0.4, 0.5) is 0 Å². The summed E-state index contributed by atoms with van der Waals surface area (Å²) >= 11 is 6.21. The topological polar surface area (TPSA) is 88.5 Å². The number of aromatic amines is 1. The molecule has 0 unspecified atom stereocenters. The summed E-state index contributed by atoms with van der Waals surface area (Å²) in [6.45, 7) is 0. The molecule has 2 heterocycles. The number of aromatic nitrogens is 5. The maximum atomic E-state index is 13.5. The number of tetrazole rings is 1. The number of hydrogen-bond acceptors (Lipinski definition) is 4. The second-order valence-corrected chi connectivity index (χ2v) is 8.41. The van der Waals surface area contributed by atoms with E-state index in [-0.39, 0.29) is 11.9 Å². The van der Waals surface area contributed by atoms with Gasteiger partial charge in [0, 0.05) is 21.6 Å². The molecule has 0 radical (unpaired) electrons. The van der Waals surface area contributed by atoms with Crippen LogP contribution in [0, 0.1) is 0 Å². The van der Waals surface area contributed by atoms with Gasteiger partial charge in [0.2, 0.25) is 5.91 Å². The Bertz CT molecular complexity index is 1010. The summed E-state index contributed by atoms with van der Waals surface area (Å²) in [4.78, 5) is 17.0. The Balaban J connectivity index is 1.48. The summed E-state index contributed by atoms with van der Waals surface area (Å²) in [5.74, 6) is 0.0223. The molecule has 0 spiro atoms. The number of fused-ring (bicyclic) bond motifs is 3. The van der Waals surface area contributed by atoms with Crippen LogP contribution < -0.4 is 5.32 Å². The lowest BCUT2D eigenvalue weighted by molar-refractivity contribution is -0.133. The van der Waals surface area contributed by atoms with E-state index in [0.29, 0.717) is 0 Å². The normalized spacial score (nSPS) is 21.4. The van der Waals surface area contributed by atoms with Gasteiger partial charge in [0.25, 0.3) is 0 Å². The fourth-order valence-electron chi connectivity index (χ4n) is 4.93. The van der Waals surface area contributed by atoms with E-state index in [1.807, 2.05) is 18.2 Å². The van der Waals surface area contributed by atoms with Crippen molar-refractivity contribution in [2.45, 2.75) is 62.9 Å². The van der Waals surface area contributed by atoms with Gasteiger partial charge in [0.05, 0.1) is 6.04 Å². The van der Waals surface area contributed by atoms with Gasteiger partial charge >= 0.3 is 0 Å². The second kappa shape index (κ2) is 6.88. The van der Waals surface area contributed by atoms with Crippen molar-refractivity contribution in [2.24, 2.45) is 0 Å². The molecule has 2 N–H and O–H groups in total. The first-order valence-corrected chi connectivity index (χ1v) is 10.4. The monoisotopic (exact) mass is 398 g/mol. The van der Waals surface area contributed by atoms with E-state index < -0.39 is 5.54 Å². The molecule has 5 rings (SSSR count). The lowest BCUT2D eigenvalue weighted by atomic mass is 9.80. The van der Waals surface area contributed by atoms with Gasteiger partial charge in [-0.1, -0.05) is 30.9 Å². The Labute approximate surface area is 167 Å². The summed E-state index contributed by atoms with van der Waals surface area (Å²) in [7, 11) is 0. The molecule has 1 saturated carbocycles. The third-order valence-electron chi connectivity index (χ3n) is 6.37. The van der Waals surface area contributed by atoms with Gasteiger partial charge in [-0.25, -0.2) is 4.68 Å². The van der Waals surface area contributed by atoms with Gasteiger partial charge in [0.15, 0.2) is 0 Å². The minimum Gasteiger partial charge on any atom is -0.356 e. The van der Waals surface area contributed by atoms with Crippen LogP contribution in [0.15, 0.2) is 24.5 Å². The van der Waals surface area contributed by atoms with E-state index in [0.717, 1.165) is 73.0 Å². The number of nitrogens with zero attached hydrogens (tertiary/aromatic N) is 4. The van der Waals surface area contributed by atoms with E-state index in [4.69, 9.17) is 11.6 Å². The molecule has 146 valence electrons. The molecular weight excluding hydrogens is 376 g/mol. The number of halogens is 1. The zero-order chi connectivity index (χ0) is 19.1. The molecule has 0 bridgehead atoms. The van der Waals surface area contributed by atoms with E-state index >= 15 is 0 Å². The molecule has 3 aromatic rings. The Morgan fingerprint density at radius 2 is 2.11 bits per heavy atom. The first-order chi connectivity index (χ1) is 13.7. The number of rotatable bonds is 3. The largest absolute Gasteiger partial charge is 0.356 e. The van der Waals surface area contributed by atoms with Gasteiger partial charge in [-0.15, -0.1) is 5.10 Å². The number of aryl methyl sites for hydroxylation is 1. The highest BCUT2D eigenvalue weighted by atomic mass is 35.5. The molecule has 1 aromatic carbocycles. The van der Waals surface area contributed by atoms with Crippen molar-refractivity contribution in [2.75, 3.05) is 0 Å². The summed E-state index contributed by atoms with van der Waals surface area (Å²) < 4.78 is 1.66. The summed E-state index contributed by atoms with van der Waals surface area (Å²) in [5.41, 5.74) is 2.77. The fraction of sp³-hybridized carbons (Fsp3) is 0.500. The van der Waals surface area contributed by atoms with Crippen LogP contribution in [0.3, 0.4) is 0 Å². The van der Waals surface area contributed by atoms with E-state index in [9.17, 15) is 4.79 Å². The lowest BCUT2D eigenvalue weighted by Gasteiger charge is -2.37. The molecule has 2 aliphatic carbocycles. The van der Waals surface area contributed by atoms with Crippen LogP contribution in [0.25, 0.3) is 10.9 Å². The maximum absolute atomic E-state index is 13.5. The third kappa shape index (κ3) is 2.80. The number of carbonyl (C=O) groups excluding carboxylic acids is 1. The number of benzene rings is 1. The van der Waals surface area contributed by atoms with Crippen molar-refractivity contribution < 1.29 is 4.79 Å². The molecule has 0 saturated heterocycles. The average molecular weight is 399 g/mol. The highest BCUT2D eigenvalue weighted by Crippen LogP contribution is 2.38. The van der Waals surface area contributed by atoms with Crippen LogP contribution in [0.1, 0.15) is 62.2 Å². The van der Waals surface area contributed by atoms with Crippen molar-refractivity contribution in [1.82, 2.24) is 30.5 Å². The van der Waals surface area contributed by atoms with Crippen LogP contribution in [-0.4, -0.2) is 31.1 Å². The predicted octanol–water partition coefficient (Wildman–Crippen LogP) is 3.66. The van der Waals surface area contributed by atoms with Crippen LogP contribution in [0.5, 0.6) is 0 Å². The van der Waals surface area contributed by atoms with E-state index in [2.05, 4.69) is 25.8 Å². The summed E-state index contributed by atoms with van der Waals surface area (Å²) in [6, 6.07) is 5.89. The zero-order valence-electron chi connectivity index (χ0n) is 15.6. The van der Waals surface area contributed by atoms with Gasteiger partial charge in [0.1, 0.15) is 11.9 Å². The number of amides is 1. The number of hydrogen-bond donors (Lipinski definition) is 2. The Morgan fingerprint density at radius 1 is 1.25 bits per heavy atom. The van der Waals surface area contributed by atoms with Crippen molar-refractivity contribution in [1.29, 1.82) is 0 Å². The molecule has 1 fully saturated rings. The molecular formula is C20H23ClN6O. The molecule has 7 nitrogen and oxygen atoms in total.